The molecule has 0 amide bonds. The van der Waals surface area contributed by atoms with Crippen molar-refractivity contribution in [1.29, 1.82) is 0 Å². The Kier molecular flexibility index (Phi) is 1.41. The van der Waals surface area contributed by atoms with E-state index in [2.05, 4.69) is 9.97 Å². The van der Waals surface area contributed by atoms with Crippen LogP contribution in [0.1, 0.15) is 0 Å². The fourth-order valence-corrected chi connectivity index (χ4v) is 0.901. The predicted octanol–water partition coefficient (Wildman–Crippen LogP) is 1.27. The number of aromatic nitrogens is 3. The first-order valence-electron chi connectivity index (χ1n) is 3.36. The zero-order chi connectivity index (χ0) is 7.52. The Morgan fingerprint density at radius 1 is 1.18 bits per heavy atom. The molecular weight excluding hydrogens is 138 g/mol. The summed E-state index contributed by atoms with van der Waals surface area (Å²) in [5, 5.41) is 0. The number of imidazole rings is 1. The normalized spacial score (nSPS) is 9.82. The molecular formula is C8H7N3. The second-order valence-electron chi connectivity index (χ2n) is 2.16. The molecule has 11 heavy (non-hydrogen) atoms. The van der Waals surface area contributed by atoms with Crippen LogP contribution in [0.4, 0.5) is 0 Å². The van der Waals surface area contributed by atoms with E-state index in [9.17, 15) is 0 Å². The number of pyridine rings is 1. The van der Waals surface area contributed by atoms with Crippen molar-refractivity contribution in [1.82, 2.24) is 14.5 Å². The molecule has 0 atom stereocenters. The van der Waals surface area contributed by atoms with E-state index in [1.54, 1.807) is 18.7 Å². The molecule has 0 aliphatic heterocycles. The average Bonchev–Trinajstić information content (AvgIpc) is 2.58. The first kappa shape index (κ1) is 6.09. The van der Waals surface area contributed by atoms with Crippen LogP contribution in [0.25, 0.3) is 5.82 Å². The van der Waals surface area contributed by atoms with Crippen molar-refractivity contribution in [3.63, 3.8) is 0 Å². The number of hydrogen-bond donors (Lipinski definition) is 0. The largest absolute Gasteiger partial charge is 0.291 e. The van der Waals surface area contributed by atoms with Crippen molar-refractivity contribution in [2.75, 3.05) is 0 Å². The van der Waals surface area contributed by atoms with E-state index in [4.69, 9.17) is 0 Å². The minimum atomic E-state index is 0.894. The number of rotatable bonds is 1. The molecule has 0 fully saturated rings. The number of nitrogens with zero attached hydrogens (tertiary/aromatic N) is 3. The van der Waals surface area contributed by atoms with Gasteiger partial charge in [0.2, 0.25) is 0 Å². The predicted molar refractivity (Wildman–Crippen MR) is 41.4 cm³/mol. The molecule has 0 aliphatic rings. The second-order valence-corrected chi connectivity index (χ2v) is 2.16. The van der Waals surface area contributed by atoms with E-state index in [0.717, 1.165) is 5.82 Å². The molecule has 0 radical (unpaired) electrons. The molecule has 0 saturated heterocycles. The van der Waals surface area contributed by atoms with Gasteiger partial charge < -0.3 is 0 Å². The van der Waals surface area contributed by atoms with Gasteiger partial charge in [0.15, 0.2) is 0 Å². The number of hydrogen-bond acceptors (Lipinski definition) is 2. The van der Waals surface area contributed by atoms with E-state index in [0.29, 0.717) is 0 Å². The molecule has 0 bridgehead atoms. The van der Waals surface area contributed by atoms with Crippen molar-refractivity contribution in [3.05, 3.63) is 43.1 Å². The molecule has 0 unspecified atom stereocenters. The van der Waals surface area contributed by atoms with Gasteiger partial charge in [-0.3, -0.25) is 4.57 Å². The lowest BCUT2D eigenvalue weighted by Crippen LogP contribution is -1.91. The summed E-state index contributed by atoms with van der Waals surface area (Å²) in [4.78, 5) is 8.07. The highest BCUT2D eigenvalue weighted by atomic mass is 15.1. The van der Waals surface area contributed by atoms with Gasteiger partial charge in [-0.25, -0.2) is 9.97 Å². The van der Waals surface area contributed by atoms with E-state index in [-0.39, 0.29) is 0 Å². The maximum Gasteiger partial charge on any atom is 0.137 e. The molecule has 2 heterocycles. The van der Waals surface area contributed by atoms with E-state index in [1.807, 2.05) is 29.0 Å². The smallest absolute Gasteiger partial charge is 0.137 e. The van der Waals surface area contributed by atoms with Gasteiger partial charge in [0, 0.05) is 18.6 Å². The van der Waals surface area contributed by atoms with Gasteiger partial charge in [0.25, 0.3) is 0 Å². The third-order valence-electron chi connectivity index (χ3n) is 1.42. The Morgan fingerprint density at radius 2 is 2.18 bits per heavy atom. The molecule has 2 rings (SSSR count). The van der Waals surface area contributed by atoms with Gasteiger partial charge in [-0.05, 0) is 12.1 Å². The molecule has 0 saturated carbocycles. The van der Waals surface area contributed by atoms with Crippen LogP contribution >= 0.6 is 0 Å². The highest BCUT2D eigenvalue weighted by Crippen LogP contribution is 1.99. The van der Waals surface area contributed by atoms with Crippen LogP contribution in [0.5, 0.6) is 0 Å². The second kappa shape index (κ2) is 2.54. The summed E-state index contributed by atoms with van der Waals surface area (Å²) in [7, 11) is 0. The highest BCUT2D eigenvalue weighted by Gasteiger charge is 1.91. The van der Waals surface area contributed by atoms with Gasteiger partial charge in [0.1, 0.15) is 12.1 Å². The fourth-order valence-electron chi connectivity index (χ4n) is 0.901. The Bertz CT molecular complexity index is 312. The summed E-state index contributed by atoms with van der Waals surface area (Å²) in [5.41, 5.74) is 0. The van der Waals surface area contributed by atoms with Crippen molar-refractivity contribution in [2.24, 2.45) is 0 Å². The molecule has 3 heteroatoms. The van der Waals surface area contributed by atoms with Gasteiger partial charge >= 0.3 is 0 Å². The van der Waals surface area contributed by atoms with Crippen molar-refractivity contribution in [3.8, 4) is 5.82 Å². The summed E-state index contributed by atoms with van der Waals surface area (Å²) in [6.45, 7) is 0. The summed E-state index contributed by atoms with van der Waals surface area (Å²) in [5.74, 6) is 0.894. The zero-order valence-corrected chi connectivity index (χ0v) is 5.88. The Hall–Kier alpha value is -1.64. The van der Waals surface area contributed by atoms with Gasteiger partial charge in [-0.15, -0.1) is 0 Å². The van der Waals surface area contributed by atoms with Crippen LogP contribution in [0.3, 0.4) is 0 Å². The monoisotopic (exact) mass is 145 g/mol. The molecule has 0 aliphatic carbocycles. The van der Waals surface area contributed by atoms with Crippen LogP contribution in [0.2, 0.25) is 0 Å². The third-order valence-corrected chi connectivity index (χ3v) is 1.42. The Labute approximate surface area is 64.3 Å². The summed E-state index contributed by atoms with van der Waals surface area (Å²) in [6.07, 6.45) is 7.08. The third kappa shape index (κ3) is 1.12. The molecule has 2 aromatic heterocycles. The average molecular weight is 145 g/mol. The van der Waals surface area contributed by atoms with Gasteiger partial charge in [-0.1, -0.05) is 6.07 Å². The minimum Gasteiger partial charge on any atom is -0.291 e. The first-order chi connectivity index (χ1) is 5.47. The van der Waals surface area contributed by atoms with Crippen LogP contribution in [-0.2, 0) is 0 Å². The molecule has 0 spiro atoms. The zero-order valence-electron chi connectivity index (χ0n) is 5.88. The molecule has 54 valence electrons. The molecule has 2 aromatic rings. The Morgan fingerprint density at radius 3 is 2.82 bits per heavy atom. The molecule has 0 N–H and O–H groups in total. The Balaban J connectivity index is 2.46. The summed E-state index contributed by atoms with van der Waals surface area (Å²) < 4.78 is 1.86. The minimum absolute atomic E-state index is 0.894. The maximum absolute atomic E-state index is 4.14. The summed E-state index contributed by atoms with van der Waals surface area (Å²) >= 11 is 0. The van der Waals surface area contributed by atoms with Crippen molar-refractivity contribution >= 4 is 0 Å². The van der Waals surface area contributed by atoms with E-state index >= 15 is 0 Å². The SMILES string of the molecule is c1ccc(-n2ccnc2)nc1. The van der Waals surface area contributed by atoms with Crippen LogP contribution in [0, 0.1) is 0 Å². The lowest BCUT2D eigenvalue weighted by atomic mass is 10.5. The lowest BCUT2D eigenvalue weighted by molar-refractivity contribution is 0.993. The van der Waals surface area contributed by atoms with Gasteiger partial charge in [0.05, 0.1) is 0 Å². The van der Waals surface area contributed by atoms with Crippen LogP contribution in [-0.4, -0.2) is 14.5 Å². The first-order valence-corrected chi connectivity index (χ1v) is 3.36. The summed E-state index contributed by atoms with van der Waals surface area (Å²) in [6, 6.07) is 5.77. The van der Waals surface area contributed by atoms with Crippen molar-refractivity contribution in [2.45, 2.75) is 0 Å². The quantitative estimate of drug-likeness (QED) is 0.605. The van der Waals surface area contributed by atoms with Crippen LogP contribution in [0.15, 0.2) is 43.1 Å². The lowest BCUT2D eigenvalue weighted by Gasteiger charge is -1.96. The van der Waals surface area contributed by atoms with E-state index in [1.165, 1.54) is 0 Å². The molecule has 3 nitrogen and oxygen atoms in total. The highest BCUT2D eigenvalue weighted by molar-refractivity contribution is 5.20. The van der Waals surface area contributed by atoms with Gasteiger partial charge in [-0.2, -0.15) is 0 Å². The van der Waals surface area contributed by atoms with Crippen molar-refractivity contribution < 1.29 is 0 Å². The van der Waals surface area contributed by atoms with E-state index < -0.39 is 0 Å². The molecule has 0 aromatic carbocycles. The van der Waals surface area contributed by atoms with Crippen LogP contribution < -0.4 is 0 Å². The topological polar surface area (TPSA) is 30.7 Å². The fraction of sp³-hybridized carbons (Fsp3) is 0. The standard InChI is InChI=1S/C8H7N3/c1-2-4-10-8(3-1)11-6-5-9-7-11/h1-7H. The maximum atomic E-state index is 4.14.